The van der Waals surface area contributed by atoms with Gasteiger partial charge in [-0.1, -0.05) is 0 Å². The van der Waals surface area contributed by atoms with Crippen LogP contribution in [0.15, 0.2) is 0 Å². The van der Waals surface area contributed by atoms with Gasteiger partial charge in [-0.25, -0.2) is 8.42 Å². The summed E-state index contributed by atoms with van der Waals surface area (Å²) in [4.78, 5) is 13.6. The van der Waals surface area contributed by atoms with Crippen molar-refractivity contribution in [3.05, 3.63) is 0 Å². The molecule has 2 N–H and O–H groups in total. The number of carbonyl (C=O) groups is 1. The molecule has 2 atom stereocenters. The van der Waals surface area contributed by atoms with Gasteiger partial charge in [0.05, 0.1) is 24.4 Å². The molecule has 0 aromatic rings. The number of rotatable bonds is 4. The SMILES string of the molecule is CN(CCS(C)(=O)=O)C(=O)C1(C)COCC1N. The molecule has 2 unspecified atom stereocenters. The molecular formula is C10H20N2O4S. The zero-order valence-corrected chi connectivity index (χ0v) is 11.3. The lowest BCUT2D eigenvalue weighted by molar-refractivity contribution is -0.140. The third kappa shape index (κ3) is 3.40. The highest BCUT2D eigenvalue weighted by Crippen LogP contribution is 2.28. The van der Waals surface area contributed by atoms with E-state index in [0.717, 1.165) is 6.26 Å². The van der Waals surface area contributed by atoms with E-state index in [1.807, 2.05) is 0 Å². The van der Waals surface area contributed by atoms with Gasteiger partial charge in [-0.05, 0) is 6.92 Å². The van der Waals surface area contributed by atoms with E-state index in [2.05, 4.69) is 0 Å². The van der Waals surface area contributed by atoms with Gasteiger partial charge in [0.2, 0.25) is 5.91 Å². The van der Waals surface area contributed by atoms with Crippen molar-refractivity contribution in [3.8, 4) is 0 Å². The zero-order valence-electron chi connectivity index (χ0n) is 10.5. The largest absolute Gasteiger partial charge is 0.379 e. The molecule has 1 saturated heterocycles. The van der Waals surface area contributed by atoms with E-state index in [-0.39, 0.29) is 30.9 Å². The Hall–Kier alpha value is -0.660. The van der Waals surface area contributed by atoms with Crippen LogP contribution in [0.2, 0.25) is 0 Å². The molecule has 17 heavy (non-hydrogen) atoms. The first-order valence-electron chi connectivity index (χ1n) is 5.43. The maximum Gasteiger partial charge on any atom is 0.232 e. The second-order valence-corrected chi connectivity index (χ2v) is 7.16. The lowest BCUT2D eigenvalue weighted by Crippen LogP contribution is -2.51. The Morgan fingerprint density at radius 2 is 2.18 bits per heavy atom. The number of ether oxygens (including phenoxy) is 1. The molecule has 1 aliphatic rings. The van der Waals surface area contributed by atoms with Crippen molar-refractivity contribution in [3.63, 3.8) is 0 Å². The summed E-state index contributed by atoms with van der Waals surface area (Å²) < 4.78 is 27.3. The number of hydrogen-bond donors (Lipinski definition) is 1. The third-order valence-corrected chi connectivity index (χ3v) is 4.07. The molecule has 100 valence electrons. The van der Waals surface area contributed by atoms with Gasteiger partial charge in [0, 0.05) is 25.9 Å². The molecule has 1 aliphatic heterocycles. The Labute approximate surface area is 102 Å². The van der Waals surface area contributed by atoms with E-state index in [0.29, 0.717) is 6.61 Å². The van der Waals surface area contributed by atoms with Gasteiger partial charge in [-0.15, -0.1) is 0 Å². The number of nitrogens with two attached hydrogens (primary N) is 1. The molecule has 0 radical (unpaired) electrons. The number of nitrogens with zero attached hydrogens (tertiary/aromatic N) is 1. The standard InChI is InChI=1S/C10H20N2O4S/c1-10(7-16-6-8(10)11)9(13)12(2)4-5-17(3,14)15/h8H,4-7,11H2,1-3H3. The van der Waals surface area contributed by atoms with Gasteiger partial charge in [0.25, 0.3) is 0 Å². The number of amides is 1. The third-order valence-electron chi connectivity index (χ3n) is 3.15. The molecule has 1 heterocycles. The first kappa shape index (κ1) is 14.4. The van der Waals surface area contributed by atoms with Crippen LogP contribution in [-0.2, 0) is 19.4 Å². The highest BCUT2D eigenvalue weighted by Gasteiger charge is 2.45. The van der Waals surface area contributed by atoms with Crippen LogP contribution in [0.5, 0.6) is 0 Å². The molecule has 0 saturated carbocycles. The summed E-state index contributed by atoms with van der Waals surface area (Å²) in [5, 5.41) is 0. The first-order valence-corrected chi connectivity index (χ1v) is 7.49. The van der Waals surface area contributed by atoms with E-state index < -0.39 is 15.3 Å². The summed E-state index contributed by atoms with van der Waals surface area (Å²) in [6.45, 7) is 2.59. The summed E-state index contributed by atoms with van der Waals surface area (Å²) in [5.41, 5.74) is 5.10. The van der Waals surface area contributed by atoms with Gasteiger partial charge in [0.15, 0.2) is 0 Å². The van der Waals surface area contributed by atoms with Crippen molar-refractivity contribution in [1.29, 1.82) is 0 Å². The number of carbonyl (C=O) groups excluding carboxylic acids is 1. The quantitative estimate of drug-likeness (QED) is 0.693. The Morgan fingerprint density at radius 1 is 1.59 bits per heavy atom. The predicted octanol–water partition coefficient (Wildman–Crippen LogP) is -1.15. The van der Waals surface area contributed by atoms with Crippen LogP contribution in [0.3, 0.4) is 0 Å². The average molecular weight is 264 g/mol. The average Bonchev–Trinajstić information content (AvgIpc) is 2.55. The van der Waals surface area contributed by atoms with Crippen LogP contribution >= 0.6 is 0 Å². The number of hydrogen-bond acceptors (Lipinski definition) is 5. The fraction of sp³-hybridized carbons (Fsp3) is 0.900. The topological polar surface area (TPSA) is 89.7 Å². The highest BCUT2D eigenvalue weighted by molar-refractivity contribution is 7.90. The summed E-state index contributed by atoms with van der Waals surface area (Å²) >= 11 is 0. The molecule has 0 aliphatic carbocycles. The predicted molar refractivity (Wildman–Crippen MR) is 64.2 cm³/mol. The fourth-order valence-electron chi connectivity index (χ4n) is 1.75. The second kappa shape index (κ2) is 4.91. The van der Waals surface area contributed by atoms with Crippen LogP contribution in [-0.4, -0.2) is 64.1 Å². The van der Waals surface area contributed by atoms with Crippen molar-refractivity contribution in [2.24, 2.45) is 11.1 Å². The maximum atomic E-state index is 12.2. The molecule has 0 aromatic heterocycles. The molecular weight excluding hydrogens is 244 g/mol. The summed E-state index contributed by atoms with van der Waals surface area (Å²) in [5.74, 6) is -0.201. The minimum atomic E-state index is -3.07. The minimum absolute atomic E-state index is 0.0403. The fourth-order valence-corrected chi connectivity index (χ4v) is 2.36. The van der Waals surface area contributed by atoms with Gasteiger partial charge in [0.1, 0.15) is 9.84 Å². The zero-order chi connectivity index (χ0) is 13.3. The Balaban J connectivity index is 2.64. The Kier molecular flexibility index (Phi) is 4.16. The summed E-state index contributed by atoms with van der Waals surface area (Å²) in [7, 11) is -1.48. The number of sulfone groups is 1. The molecule has 0 bridgehead atoms. The van der Waals surface area contributed by atoms with E-state index in [9.17, 15) is 13.2 Å². The van der Waals surface area contributed by atoms with Crippen LogP contribution in [0.4, 0.5) is 0 Å². The van der Waals surface area contributed by atoms with Gasteiger partial charge >= 0.3 is 0 Å². The monoisotopic (exact) mass is 264 g/mol. The van der Waals surface area contributed by atoms with E-state index in [4.69, 9.17) is 10.5 Å². The molecule has 0 spiro atoms. The highest BCUT2D eigenvalue weighted by atomic mass is 32.2. The Morgan fingerprint density at radius 3 is 2.59 bits per heavy atom. The molecule has 0 aromatic carbocycles. The van der Waals surface area contributed by atoms with Crippen LogP contribution in [0.25, 0.3) is 0 Å². The molecule has 6 nitrogen and oxygen atoms in total. The van der Waals surface area contributed by atoms with Crippen molar-refractivity contribution in [2.75, 3.05) is 38.8 Å². The van der Waals surface area contributed by atoms with Gasteiger partial charge in [-0.3, -0.25) is 4.79 Å². The lowest BCUT2D eigenvalue weighted by atomic mass is 9.84. The van der Waals surface area contributed by atoms with Crippen LogP contribution in [0, 0.1) is 5.41 Å². The molecule has 7 heteroatoms. The maximum absolute atomic E-state index is 12.2. The van der Waals surface area contributed by atoms with E-state index in [1.54, 1.807) is 14.0 Å². The molecule has 1 fully saturated rings. The molecule has 1 rings (SSSR count). The summed E-state index contributed by atoms with van der Waals surface area (Å²) in [6, 6.07) is -0.337. The van der Waals surface area contributed by atoms with Crippen LogP contribution < -0.4 is 5.73 Å². The summed E-state index contributed by atoms with van der Waals surface area (Å²) in [6.07, 6.45) is 1.15. The van der Waals surface area contributed by atoms with Crippen molar-refractivity contribution in [2.45, 2.75) is 13.0 Å². The van der Waals surface area contributed by atoms with Crippen molar-refractivity contribution >= 4 is 15.7 Å². The molecule has 1 amide bonds. The first-order chi connectivity index (χ1) is 7.67. The van der Waals surface area contributed by atoms with Crippen molar-refractivity contribution < 1.29 is 17.9 Å². The van der Waals surface area contributed by atoms with E-state index >= 15 is 0 Å². The Bertz CT molecular complexity index is 395. The lowest BCUT2D eigenvalue weighted by Gasteiger charge is -2.30. The minimum Gasteiger partial charge on any atom is -0.379 e. The second-order valence-electron chi connectivity index (χ2n) is 4.90. The van der Waals surface area contributed by atoms with Crippen LogP contribution in [0.1, 0.15) is 6.92 Å². The van der Waals surface area contributed by atoms with Crippen molar-refractivity contribution in [1.82, 2.24) is 4.90 Å². The van der Waals surface area contributed by atoms with E-state index in [1.165, 1.54) is 4.90 Å². The van der Waals surface area contributed by atoms with Gasteiger partial charge in [-0.2, -0.15) is 0 Å². The normalized spacial score (nSPS) is 29.3. The van der Waals surface area contributed by atoms with Gasteiger partial charge < -0.3 is 15.4 Å². The smallest absolute Gasteiger partial charge is 0.232 e.